The number of ether oxygens (including phenoxy) is 1. The molecule has 0 radical (unpaired) electrons. The number of hydrogen-bond donors (Lipinski definition) is 8. The first-order valence-corrected chi connectivity index (χ1v) is 23.9. The number of carboxylic acids is 5. The number of nitrogens with zero attached hydrogens (tertiary/aromatic N) is 3. The van der Waals surface area contributed by atoms with E-state index in [-0.39, 0.29) is 81.1 Å². The third-order valence-electron chi connectivity index (χ3n) is 16.1. The van der Waals surface area contributed by atoms with Crippen LogP contribution in [0.1, 0.15) is 90.5 Å². The normalized spacial score (nSPS) is 28.7. The average Bonchev–Trinajstić information content (AvgIpc) is 3.62. The van der Waals surface area contributed by atoms with Gasteiger partial charge in [0, 0.05) is 38.6 Å². The number of aliphatic hydroxyl groups excluding tert-OH is 1. The first kappa shape index (κ1) is 53.3. The minimum Gasteiger partial charge on any atom is -0.481 e. The zero-order chi connectivity index (χ0) is 49.1. The van der Waals surface area contributed by atoms with Gasteiger partial charge in [0.15, 0.2) is 0 Å². The lowest BCUT2D eigenvalue weighted by atomic mass is 9.43. The van der Waals surface area contributed by atoms with Crippen LogP contribution >= 0.6 is 0 Å². The Hall–Kier alpha value is -4.69. The molecule has 4 fully saturated rings. The second-order valence-corrected chi connectivity index (χ2v) is 20.2. The lowest BCUT2D eigenvalue weighted by molar-refractivity contribution is -0.170. The number of carbonyl (C=O) groups is 7. The molecule has 0 aromatic heterocycles. The fourth-order valence-corrected chi connectivity index (χ4v) is 12.8. The van der Waals surface area contributed by atoms with E-state index in [2.05, 4.69) is 31.4 Å². The summed E-state index contributed by atoms with van der Waals surface area (Å²) in [5.74, 6) is -4.86. The van der Waals surface area contributed by atoms with Gasteiger partial charge >= 0.3 is 29.8 Å². The van der Waals surface area contributed by atoms with Crippen LogP contribution in [0.2, 0.25) is 0 Å². The van der Waals surface area contributed by atoms with Crippen molar-refractivity contribution in [3.63, 3.8) is 0 Å². The molecule has 5 rings (SSSR count). The zero-order valence-corrected chi connectivity index (χ0v) is 39.2. The Balaban J connectivity index is 1.21. The molecule has 2 amide bonds. The molecule has 11 atom stereocenters. The summed E-state index contributed by atoms with van der Waals surface area (Å²) < 4.78 is 5.93. The maximum Gasteiger partial charge on any atom is 0.317 e. The quantitative estimate of drug-likeness (QED) is 0.0629. The Kier molecular flexibility index (Phi) is 19.1. The second kappa shape index (κ2) is 24.0. The van der Waals surface area contributed by atoms with Crippen molar-refractivity contribution in [1.29, 1.82) is 0 Å². The van der Waals surface area contributed by atoms with Crippen molar-refractivity contribution in [1.82, 2.24) is 25.3 Å². The van der Waals surface area contributed by atoms with Crippen LogP contribution in [0.3, 0.4) is 0 Å². The number of aliphatic carboxylic acids is 5. The van der Waals surface area contributed by atoms with Crippen molar-refractivity contribution >= 4 is 41.7 Å². The minimum absolute atomic E-state index is 0.00930. The average molecular weight is 944 g/mol. The van der Waals surface area contributed by atoms with Gasteiger partial charge in [-0.2, -0.15) is 0 Å². The minimum atomic E-state index is -1.28. The van der Waals surface area contributed by atoms with Gasteiger partial charge in [-0.3, -0.25) is 48.3 Å². The molecular weight excluding hydrogens is 871 g/mol. The zero-order valence-electron chi connectivity index (χ0n) is 39.2. The Morgan fingerprint density at radius 2 is 1.37 bits per heavy atom. The van der Waals surface area contributed by atoms with Crippen LogP contribution in [0.4, 0.5) is 0 Å². The van der Waals surface area contributed by atoms with Crippen molar-refractivity contribution in [2.75, 3.05) is 65.5 Å². The van der Waals surface area contributed by atoms with Crippen molar-refractivity contribution in [2.24, 2.45) is 46.3 Å². The maximum absolute atomic E-state index is 14.0. The third kappa shape index (κ3) is 14.2. The number of hydrogen-bond acceptors (Lipinski definition) is 12. The summed E-state index contributed by atoms with van der Waals surface area (Å²) in [5, 5.41) is 65.1. The standard InChI is InChI=1S/C48H73N5O14/c1-30(9-14-41(56)57)35-12-13-36-34-11-10-32-21-33(15-16-47(32,2)37(34)22-39(54)48(35,36)3)50-40(55)23-49-46(66)38(29-67-28-31-7-5-4-6-8-31)53(27-45(64)65)20-19-51(24-42(58)59)17-18-52(25-43(60)61)26-44(62)63/h4-8,30,32-39,54H,9-29H2,1-3H3,(H,49,66)(H,50,55)(H,56,57)(H,58,59)(H,60,61)(H,62,63)(H,64,65)/t30-,32-,33+,34+,35-,36+,37+,38?,39+,47+,48-/m1/s1. The number of aliphatic hydroxyl groups is 1. The smallest absolute Gasteiger partial charge is 0.317 e. The largest absolute Gasteiger partial charge is 0.481 e. The lowest BCUT2D eigenvalue weighted by Crippen LogP contribution is -2.59. The number of nitrogens with one attached hydrogen (secondary N) is 2. The van der Waals surface area contributed by atoms with Crippen LogP contribution < -0.4 is 10.6 Å². The molecule has 19 nitrogen and oxygen atoms in total. The summed E-state index contributed by atoms with van der Waals surface area (Å²) >= 11 is 0. The predicted octanol–water partition coefficient (Wildman–Crippen LogP) is 2.55. The first-order valence-electron chi connectivity index (χ1n) is 23.9. The molecule has 4 aliphatic carbocycles. The van der Waals surface area contributed by atoms with Crippen LogP contribution in [-0.4, -0.2) is 171 Å². The van der Waals surface area contributed by atoms with E-state index in [4.69, 9.17) is 4.74 Å². The first-order chi connectivity index (χ1) is 31.7. The van der Waals surface area contributed by atoms with Gasteiger partial charge in [0.05, 0.1) is 52.0 Å². The van der Waals surface area contributed by atoms with E-state index in [1.807, 2.05) is 30.3 Å². The highest BCUT2D eigenvalue weighted by molar-refractivity contribution is 5.88. The van der Waals surface area contributed by atoms with E-state index in [0.29, 0.717) is 30.1 Å². The van der Waals surface area contributed by atoms with Crippen LogP contribution in [0.5, 0.6) is 0 Å². The molecule has 0 bridgehead atoms. The maximum atomic E-state index is 14.0. The molecule has 374 valence electrons. The van der Waals surface area contributed by atoms with Crippen LogP contribution in [-0.2, 0) is 44.9 Å². The van der Waals surface area contributed by atoms with E-state index in [1.165, 1.54) is 9.80 Å². The molecule has 4 saturated carbocycles. The fourth-order valence-electron chi connectivity index (χ4n) is 12.8. The topological polar surface area (TPSA) is 284 Å². The van der Waals surface area contributed by atoms with Crippen molar-refractivity contribution in [3.8, 4) is 0 Å². The monoisotopic (exact) mass is 944 g/mol. The highest BCUT2D eigenvalue weighted by Crippen LogP contribution is 2.68. The Morgan fingerprint density at radius 3 is 2.01 bits per heavy atom. The van der Waals surface area contributed by atoms with Gasteiger partial charge in [-0.1, -0.05) is 51.1 Å². The van der Waals surface area contributed by atoms with Gasteiger partial charge in [0.1, 0.15) is 6.04 Å². The molecule has 4 aliphatic rings. The molecule has 19 heteroatoms. The SMILES string of the molecule is C[C@H](CCC(=O)O)[C@H]1CC[C@H]2[C@@H]3CC[C@@H]4C[C@@H](NC(=O)CNC(=O)C(COCc5ccccc5)N(CCN(CCN(CC(=O)O)CC(=O)O)CC(=O)O)CC(=O)O)CC[C@]4(C)[C@H]3C[C@H](O)[C@]12C. The third-order valence-corrected chi connectivity index (χ3v) is 16.1. The second-order valence-electron chi connectivity index (χ2n) is 20.2. The van der Waals surface area contributed by atoms with E-state index in [0.717, 1.165) is 61.8 Å². The van der Waals surface area contributed by atoms with E-state index in [1.54, 1.807) is 0 Å². The number of benzene rings is 1. The molecule has 0 heterocycles. The highest BCUT2D eigenvalue weighted by Gasteiger charge is 2.63. The van der Waals surface area contributed by atoms with Crippen LogP contribution in [0, 0.1) is 46.3 Å². The van der Waals surface area contributed by atoms with Crippen LogP contribution in [0.15, 0.2) is 30.3 Å². The van der Waals surface area contributed by atoms with E-state index in [9.17, 15) is 64.2 Å². The molecule has 8 N–H and O–H groups in total. The molecule has 0 aliphatic heterocycles. The number of rotatable bonds is 27. The predicted molar refractivity (Wildman–Crippen MR) is 242 cm³/mol. The molecule has 1 unspecified atom stereocenters. The Morgan fingerprint density at radius 1 is 0.746 bits per heavy atom. The van der Waals surface area contributed by atoms with Crippen molar-refractivity contribution < 1.29 is 68.9 Å². The summed E-state index contributed by atoms with van der Waals surface area (Å²) in [5.41, 5.74) is 0.547. The fraction of sp³-hybridized carbons (Fsp3) is 0.729. The highest BCUT2D eigenvalue weighted by atomic mass is 16.5. The molecule has 0 saturated heterocycles. The number of carboxylic acid groups (broad SMARTS) is 5. The summed E-state index contributed by atoms with van der Waals surface area (Å²) in [6.45, 7) is 3.40. The van der Waals surface area contributed by atoms with Gasteiger partial charge in [0.25, 0.3) is 0 Å². The van der Waals surface area contributed by atoms with E-state index >= 15 is 0 Å². The summed E-state index contributed by atoms with van der Waals surface area (Å²) in [6, 6.07) is 7.76. The molecule has 0 spiro atoms. The molecule has 1 aromatic rings. The number of fused-ring (bicyclic) bond motifs is 5. The summed E-state index contributed by atoms with van der Waals surface area (Å²) in [7, 11) is 0. The molecule has 1 aromatic carbocycles. The summed E-state index contributed by atoms with van der Waals surface area (Å²) in [4.78, 5) is 89.4. The number of amides is 2. The van der Waals surface area contributed by atoms with Gasteiger partial charge in [-0.15, -0.1) is 0 Å². The van der Waals surface area contributed by atoms with Crippen molar-refractivity contribution in [3.05, 3.63) is 35.9 Å². The summed E-state index contributed by atoms with van der Waals surface area (Å²) in [6.07, 6.45) is 7.51. The Bertz CT molecular complexity index is 1870. The number of carbonyl (C=O) groups excluding carboxylic acids is 2. The van der Waals surface area contributed by atoms with Gasteiger partial charge in [-0.25, -0.2) is 0 Å². The van der Waals surface area contributed by atoms with Crippen molar-refractivity contribution in [2.45, 2.75) is 110 Å². The van der Waals surface area contributed by atoms with Gasteiger partial charge in [-0.05, 0) is 110 Å². The lowest BCUT2D eigenvalue weighted by Gasteiger charge is -2.62. The van der Waals surface area contributed by atoms with Gasteiger partial charge < -0.3 is 46.0 Å². The van der Waals surface area contributed by atoms with E-state index < -0.39 is 80.0 Å². The molecule has 67 heavy (non-hydrogen) atoms. The molecular formula is C48H73N5O14. The Labute approximate surface area is 392 Å². The van der Waals surface area contributed by atoms with Crippen LogP contribution in [0.25, 0.3) is 0 Å². The van der Waals surface area contributed by atoms with Gasteiger partial charge in [0.2, 0.25) is 11.8 Å².